The summed E-state index contributed by atoms with van der Waals surface area (Å²) in [4.78, 5) is 8.18. The van der Waals surface area contributed by atoms with Crippen LogP contribution in [0.25, 0.3) is 11.0 Å². The normalized spacial score (nSPS) is 20.4. The summed E-state index contributed by atoms with van der Waals surface area (Å²) in [5.41, 5.74) is 0.816. The summed E-state index contributed by atoms with van der Waals surface area (Å²) in [7, 11) is 0. The van der Waals surface area contributed by atoms with Gasteiger partial charge in [-0.05, 0) is 30.9 Å². The quantitative estimate of drug-likeness (QED) is 0.563. The molecule has 16 heavy (non-hydrogen) atoms. The number of hydrogen-bond acceptors (Lipinski definition) is 3. The summed E-state index contributed by atoms with van der Waals surface area (Å²) in [6, 6.07) is 0.303. The molecule has 5 heteroatoms. The summed E-state index contributed by atoms with van der Waals surface area (Å²) in [6.45, 7) is 0. The maximum absolute atomic E-state index is 5.81. The van der Waals surface area contributed by atoms with E-state index in [1.807, 2.05) is 4.68 Å². The van der Waals surface area contributed by atoms with Gasteiger partial charge in [0.05, 0.1) is 17.6 Å². The number of allylic oxidation sites excluding steroid dienone is 2. The van der Waals surface area contributed by atoms with Crippen molar-refractivity contribution in [3.63, 3.8) is 0 Å². The SMILES string of the molecule is Clc1ncc2cnn(C3C=CCCC3)c2n1. The second-order valence-electron chi connectivity index (χ2n) is 3.93. The highest BCUT2D eigenvalue weighted by Crippen LogP contribution is 2.25. The van der Waals surface area contributed by atoms with Crippen LogP contribution in [0.4, 0.5) is 0 Å². The van der Waals surface area contributed by atoms with Crippen molar-refractivity contribution >= 4 is 22.6 Å². The molecule has 0 aliphatic heterocycles. The first-order chi connectivity index (χ1) is 7.84. The maximum atomic E-state index is 5.81. The molecule has 0 aromatic carbocycles. The summed E-state index contributed by atoms with van der Waals surface area (Å²) >= 11 is 5.81. The Balaban J connectivity index is 2.12. The van der Waals surface area contributed by atoms with Crippen LogP contribution in [0.1, 0.15) is 25.3 Å². The summed E-state index contributed by atoms with van der Waals surface area (Å²) < 4.78 is 1.93. The lowest BCUT2D eigenvalue weighted by Crippen LogP contribution is -2.11. The van der Waals surface area contributed by atoms with Gasteiger partial charge >= 0.3 is 0 Å². The minimum Gasteiger partial charge on any atom is -0.240 e. The highest BCUT2D eigenvalue weighted by atomic mass is 35.5. The molecule has 0 N–H and O–H groups in total. The first kappa shape index (κ1) is 9.78. The zero-order chi connectivity index (χ0) is 11.0. The minimum absolute atomic E-state index is 0.272. The van der Waals surface area contributed by atoms with Crippen molar-refractivity contribution in [3.8, 4) is 0 Å². The zero-order valence-electron chi connectivity index (χ0n) is 8.67. The molecule has 82 valence electrons. The van der Waals surface area contributed by atoms with Gasteiger partial charge in [0, 0.05) is 6.20 Å². The summed E-state index contributed by atoms with van der Waals surface area (Å²) in [5.74, 6) is 0. The third-order valence-electron chi connectivity index (χ3n) is 2.85. The van der Waals surface area contributed by atoms with Crippen molar-refractivity contribution in [1.82, 2.24) is 19.7 Å². The predicted molar refractivity (Wildman–Crippen MR) is 62.4 cm³/mol. The Morgan fingerprint density at radius 2 is 2.31 bits per heavy atom. The molecule has 0 fully saturated rings. The van der Waals surface area contributed by atoms with Crippen LogP contribution in [0.5, 0.6) is 0 Å². The molecule has 1 aliphatic rings. The standard InChI is InChI=1S/C11H11ClN4/c12-11-13-6-8-7-14-16(10(8)15-11)9-4-2-1-3-5-9/h2,4,6-7,9H,1,3,5H2. The molecular formula is C11H11ClN4. The third-order valence-corrected chi connectivity index (χ3v) is 3.03. The van der Waals surface area contributed by atoms with Gasteiger partial charge in [-0.3, -0.25) is 0 Å². The van der Waals surface area contributed by atoms with E-state index >= 15 is 0 Å². The Bertz CT molecular complexity index is 546. The van der Waals surface area contributed by atoms with E-state index in [4.69, 9.17) is 11.6 Å². The Morgan fingerprint density at radius 1 is 1.38 bits per heavy atom. The molecule has 3 rings (SSSR count). The van der Waals surface area contributed by atoms with E-state index in [0.717, 1.165) is 23.9 Å². The fourth-order valence-corrected chi connectivity index (χ4v) is 2.18. The number of aromatic nitrogens is 4. The van der Waals surface area contributed by atoms with Crippen molar-refractivity contribution in [2.75, 3.05) is 0 Å². The molecule has 1 aliphatic carbocycles. The molecule has 0 spiro atoms. The van der Waals surface area contributed by atoms with Crippen molar-refractivity contribution in [1.29, 1.82) is 0 Å². The summed E-state index contributed by atoms with van der Waals surface area (Å²) in [6.07, 6.45) is 11.3. The van der Waals surface area contributed by atoms with Crippen LogP contribution in [-0.2, 0) is 0 Å². The average molecular weight is 235 g/mol. The molecular weight excluding hydrogens is 224 g/mol. The lowest BCUT2D eigenvalue weighted by molar-refractivity contribution is 0.484. The Hall–Kier alpha value is -1.42. The predicted octanol–water partition coefficient (Wildman–Crippen LogP) is 2.76. The molecule has 2 aromatic heterocycles. The van der Waals surface area contributed by atoms with Crippen LogP contribution in [-0.4, -0.2) is 19.7 Å². The zero-order valence-corrected chi connectivity index (χ0v) is 9.43. The second-order valence-corrected chi connectivity index (χ2v) is 4.27. The van der Waals surface area contributed by atoms with Gasteiger partial charge in [0.15, 0.2) is 5.65 Å². The van der Waals surface area contributed by atoms with Crippen LogP contribution < -0.4 is 0 Å². The number of halogens is 1. The van der Waals surface area contributed by atoms with E-state index in [1.54, 1.807) is 12.4 Å². The van der Waals surface area contributed by atoms with E-state index in [-0.39, 0.29) is 5.28 Å². The van der Waals surface area contributed by atoms with Gasteiger partial charge < -0.3 is 0 Å². The molecule has 1 atom stereocenters. The van der Waals surface area contributed by atoms with Crippen molar-refractivity contribution in [3.05, 3.63) is 29.8 Å². The van der Waals surface area contributed by atoms with E-state index in [9.17, 15) is 0 Å². The smallest absolute Gasteiger partial charge is 0.224 e. The number of fused-ring (bicyclic) bond motifs is 1. The van der Waals surface area contributed by atoms with E-state index in [2.05, 4.69) is 27.2 Å². The molecule has 0 radical (unpaired) electrons. The minimum atomic E-state index is 0.272. The van der Waals surface area contributed by atoms with Crippen LogP contribution in [0.2, 0.25) is 5.28 Å². The van der Waals surface area contributed by atoms with Gasteiger partial charge in [0.2, 0.25) is 5.28 Å². The average Bonchev–Trinajstić information content (AvgIpc) is 2.73. The van der Waals surface area contributed by atoms with Gasteiger partial charge in [0.1, 0.15) is 0 Å². The molecule has 0 amide bonds. The summed E-state index contributed by atoms with van der Waals surface area (Å²) in [5, 5.41) is 5.57. The fourth-order valence-electron chi connectivity index (χ4n) is 2.06. The van der Waals surface area contributed by atoms with E-state index in [1.165, 1.54) is 6.42 Å². The van der Waals surface area contributed by atoms with Gasteiger partial charge in [0.25, 0.3) is 0 Å². The Labute approximate surface area is 98.0 Å². The van der Waals surface area contributed by atoms with Gasteiger partial charge in [-0.25, -0.2) is 9.67 Å². The maximum Gasteiger partial charge on any atom is 0.224 e. The molecule has 0 bridgehead atoms. The lowest BCUT2D eigenvalue weighted by Gasteiger charge is -2.17. The second kappa shape index (κ2) is 3.87. The lowest BCUT2D eigenvalue weighted by atomic mass is 10.0. The first-order valence-corrected chi connectivity index (χ1v) is 5.75. The number of hydrogen-bond donors (Lipinski definition) is 0. The van der Waals surface area contributed by atoms with Crippen LogP contribution in [0.3, 0.4) is 0 Å². The third kappa shape index (κ3) is 1.59. The molecule has 1 unspecified atom stereocenters. The highest BCUT2D eigenvalue weighted by molar-refractivity contribution is 6.28. The molecule has 2 heterocycles. The van der Waals surface area contributed by atoms with Crippen LogP contribution in [0, 0.1) is 0 Å². The number of rotatable bonds is 1. The van der Waals surface area contributed by atoms with Crippen LogP contribution >= 0.6 is 11.6 Å². The van der Waals surface area contributed by atoms with Gasteiger partial charge in [-0.15, -0.1) is 0 Å². The molecule has 0 saturated heterocycles. The molecule has 2 aromatic rings. The largest absolute Gasteiger partial charge is 0.240 e. The topological polar surface area (TPSA) is 43.6 Å². The monoisotopic (exact) mass is 234 g/mol. The van der Waals surface area contributed by atoms with Gasteiger partial charge in [-0.1, -0.05) is 12.2 Å². The fraction of sp³-hybridized carbons (Fsp3) is 0.364. The molecule has 0 saturated carbocycles. The van der Waals surface area contributed by atoms with E-state index < -0.39 is 0 Å². The highest BCUT2D eigenvalue weighted by Gasteiger charge is 2.15. The molecule has 4 nitrogen and oxygen atoms in total. The van der Waals surface area contributed by atoms with Crippen molar-refractivity contribution < 1.29 is 0 Å². The first-order valence-electron chi connectivity index (χ1n) is 5.37. The van der Waals surface area contributed by atoms with E-state index in [0.29, 0.717) is 6.04 Å². The van der Waals surface area contributed by atoms with Crippen molar-refractivity contribution in [2.24, 2.45) is 0 Å². The van der Waals surface area contributed by atoms with Crippen molar-refractivity contribution in [2.45, 2.75) is 25.3 Å². The van der Waals surface area contributed by atoms with Gasteiger partial charge in [-0.2, -0.15) is 10.1 Å². The number of nitrogens with zero attached hydrogens (tertiary/aromatic N) is 4. The Kier molecular flexibility index (Phi) is 2.36. The van der Waals surface area contributed by atoms with Crippen LogP contribution in [0.15, 0.2) is 24.5 Å². The Morgan fingerprint density at radius 3 is 3.12 bits per heavy atom.